The van der Waals surface area contributed by atoms with Gasteiger partial charge < -0.3 is 0 Å². The van der Waals surface area contributed by atoms with Crippen LogP contribution in [0, 0.1) is 13.8 Å². The quantitative estimate of drug-likeness (QED) is 0.695. The number of aromatic nitrogens is 2. The van der Waals surface area contributed by atoms with Gasteiger partial charge in [-0.3, -0.25) is 4.68 Å². The molecule has 0 saturated heterocycles. The number of unbranched alkanes of at least 4 members (excludes halogenated alkanes) is 1. The Bertz CT molecular complexity index is 263. The molecule has 0 aliphatic carbocycles. The van der Waals surface area contributed by atoms with Crippen LogP contribution in [0.2, 0.25) is 0 Å². The minimum Gasteiger partial charge on any atom is -0.267 e. The standard InChI is InChI=1S/C11H20N2/c1-5-6-7-10(3)13-11(4)8-9(2)12-13/h8,10H,5-7H2,1-4H3. The van der Waals surface area contributed by atoms with E-state index in [1.54, 1.807) is 0 Å². The van der Waals surface area contributed by atoms with Crippen molar-refractivity contribution in [3.63, 3.8) is 0 Å². The first-order chi connectivity index (χ1) is 6.15. The lowest BCUT2D eigenvalue weighted by Gasteiger charge is -2.13. The molecule has 0 bridgehead atoms. The third-order valence-electron chi connectivity index (χ3n) is 2.44. The lowest BCUT2D eigenvalue weighted by molar-refractivity contribution is 0.434. The molecule has 1 heterocycles. The van der Waals surface area contributed by atoms with E-state index in [2.05, 4.69) is 43.5 Å². The Balaban J connectivity index is 2.64. The first-order valence-electron chi connectivity index (χ1n) is 5.18. The zero-order chi connectivity index (χ0) is 9.84. The van der Waals surface area contributed by atoms with Crippen LogP contribution in [0.3, 0.4) is 0 Å². The van der Waals surface area contributed by atoms with Crippen molar-refractivity contribution in [2.24, 2.45) is 0 Å². The van der Waals surface area contributed by atoms with Gasteiger partial charge in [0, 0.05) is 11.7 Å². The number of hydrogen-bond acceptors (Lipinski definition) is 1. The summed E-state index contributed by atoms with van der Waals surface area (Å²) in [5, 5.41) is 4.48. The van der Waals surface area contributed by atoms with Gasteiger partial charge in [0.25, 0.3) is 0 Å². The molecule has 0 saturated carbocycles. The van der Waals surface area contributed by atoms with Crippen molar-refractivity contribution < 1.29 is 0 Å². The Labute approximate surface area is 81.0 Å². The molecule has 74 valence electrons. The predicted molar refractivity (Wildman–Crippen MR) is 55.9 cm³/mol. The molecular formula is C11H20N2. The summed E-state index contributed by atoms with van der Waals surface area (Å²) in [7, 11) is 0. The van der Waals surface area contributed by atoms with Crippen LogP contribution in [-0.2, 0) is 0 Å². The lowest BCUT2D eigenvalue weighted by atomic mass is 10.1. The Morgan fingerprint density at radius 1 is 1.46 bits per heavy atom. The maximum atomic E-state index is 4.48. The molecule has 1 atom stereocenters. The first kappa shape index (κ1) is 10.3. The van der Waals surface area contributed by atoms with Crippen LogP contribution in [0.4, 0.5) is 0 Å². The summed E-state index contributed by atoms with van der Waals surface area (Å²) in [5.74, 6) is 0. The van der Waals surface area contributed by atoms with Crippen LogP contribution in [-0.4, -0.2) is 9.78 Å². The predicted octanol–water partition coefficient (Wildman–Crippen LogP) is 3.25. The number of nitrogens with zero attached hydrogens (tertiary/aromatic N) is 2. The first-order valence-corrected chi connectivity index (χ1v) is 5.18. The highest BCUT2D eigenvalue weighted by molar-refractivity contribution is 5.07. The summed E-state index contributed by atoms with van der Waals surface area (Å²) in [6.07, 6.45) is 3.79. The second-order valence-corrected chi connectivity index (χ2v) is 3.86. The van der Waals surface area contributed by atoms with Gasteiger partial charge in [-0.15, -0.1) is 0 Å². The van der Waals surface area contributed by atoms with E-state index in [1.165, 1.54) is 25.0 Å². The van der Waals surface area contributed by atoms with E-state index in [4.69, 9.17) is 0 Å². The van der Waals surface area contributed by atoms with Gasteiger partial charge in [0.05, 0.1) is 5.69 Å². The minimum atomic E-state index is 0.550. The van der Waals surface area contributed by atoms with Crippen LogP contribution >= 0.6 is 0 Å². The fourth-order valence-corrected chi connectivity index (χ4v) is 1.71. The van der Waals surface area contributed by atoms with Crippen molar-refractivity contribution >= 4 is 0 Å². The molecule has 1 rings (SSSR count). The van der Waals surface area contributed by atoms with Crippen LogP contribution < -0.4 is 0 Å². The van der Waals surface area contributed by atoms with E-state index >= 15 is 0 Å². The maximum absolute atomic E-state index is 4.48. The molecule has 2 nitrogen and oxygen atoms in total. The second-order valence-electron chi connectivity index (χ2n) is 3.86. The topological polar surface area (TPSA) is 17.8 Å². The summed E-state index contributed by atoms with van der Waals surface area (Å²) in [5.41, 5.74) is 2.40. The molecule has 0 spiro atoms. The SMILES string of the molecule is CCCCC(C)n1nc(C)cc1C. The van der Waals surface area contributed by atoms with Crippen molar-refractivity contribution in [3.8, 4) is 0 Å². The Kier molecular flexibility index (Phi) is 3.52. The Hall–Kier alpha value is -0.790. The van der Waals surface area contributed by atoms with Crippen LogP contribution in [0.25, 0.3) is 0 Å². The molecule has 2 heteroatoms. The number of hydrogen-bond donors (Lipinski definition) is 0. The van der Waals surface area contributed by atoms with Gasteiger partial charge in [0.2, 0.25) is 0 Å². The Morgan fingerprint density at radius 3 is 2.62 bits per heavy atom. The fourth-order valence-electron chi connectivity index (χ4n) is 1.71. The van der Waals surface area contributed by atoms with Gasteiger partial charge in [-0.05, 0) is 33.3 Å². The van der Waals surface area contributed by atoms with E-state index in [1.807, 2.05) is 0 Å². The molecule has 0 amide bonds. The number of rotatable bonds is 4. The monoisotopic (exact) mass is 180 g/mol. The highest BCUT2D eigenvalue weighted by atomic mass is 15.3. The highest BCUT2D eigenvalue weighted by Crippen LogP contribution is 2.16. The fraction of sp³-hybridized carbons (Fsp3) is 0.727. The van der Waals surface area contributed by atoms with Gasteiger partial charge >= 0.3 is 0 Å². The smallest absolute Gasteiger partial charge is 0.0596 e. The molecule has 0 aliphatic rings. The van der Waals surface area contributed by atoms with E-state index in [0.29, 0.717) is 6.04 Å². The third kappa shape index (κ3) is 2.58. The normalized spacial score (nSPS) is 13.2. The van der Waals surface area contributed by atoms with E-state index in [0.717, 1.165) is 5.69 Å². The van der Waals surface area contributed by atoms with Crippen molar-refractivity contribution in [1.82, 2.24) is 9.78 Å². The average Bonchev–Trinajstić information content (AvgIpc) is 2.41. The van der Waals surface area contributed by atoms with E-state index in [9.17, 15) is 0 Å². The van der Waals surface area contributed by atoms with Gasteiger partial charge in [-0.1, -0.05) is 19.8 Å². The van der Waals surface area contributed by atoms with Crippen molar-refractivity contribution in [2.45, 2.75) is 53.0 Å². The van der Waals surface area contributed by atoms with E-state index < -0.39 is 0 Å². The van der Waals surface area contributed by atoms with Crippen molar-refractivity contribution in [1.29, 1.82) is 0 Å². The molecule has 13 heavy (non-hydrogen) atoms. The van der Waals surface area contributed by atoms with Crippen LogP contribution in [0.15, 0.2) is 6.07 Å². The van der Waals surface area contributed by atoms with Gasteiger partial charge in [-0.25, -0.2) is 0 Å². The van der Waals surface area contributed by atoms with Crippen LogP contribution in [0.5, 0.6) is 0 Å². The summed E-state index contributed by atoms with van der Waals surface area (Å²) in [4.78, 5) is 0. The molecular weight excluding hydrogens is 160 g/mol. The number of aryl methyl sites for hydroxylation is 2. The third-order valence-corrected chi connectivity index (χ3v) is 2.44. The average molecular weight is 180 g/mol. The van der Waals surface area contributed by atoms with Crippen molar-refractivity contribution in [2.75, 3.05) is 0 Å². The zero-order valence-corrected chi connectivity index (χ0v) is 9.17. The minimum absolute atomic E-state index is 0.550. The molecule has 0 fully saturated rings. The molecule has 0 aromatic carbocycles. The van der Waals surface area contributed by atoms with Gasteiger partial charge in [-0.2, -0.15) is 5.10 Å². The van der Waals surface area contributed by atoms with Crippen LogP contribution in [0.1, 0.15) is 50.5 Å². The largest absolute Gasteiger partial charge is 0.267 e. The van der Waals surface area contributed by atoms with Gasteiger partial charge in [0.1, 0.15) is 0 Å². The molecule has 0 N–H and O–H groups in total. The molecule has 1 unspecified atom stereocenters. The zero-order valence-electron chi connectivity index (χ0n) is 9.17. The summed E-state index contributed by atoms with van der Waals surface area (Å²) < 4.78 is 2.14. The van der Waals surface area contributed by atoms with E-state index in [-0.39, 0.29) is 0 Å². The highest BCUT2D eigenvalue weighted by Gasteiger charge is 2.07. The maximum Gasteiger partial charge on any atom is 0.0596 e. The summed E-state index contributed by atoms with van der Waals surface area (Å²) >= 11 is 0. The molecule has 1 aromatic rings. The lowest BCUT2D eigenvalue weighted by Crippen LogP contribution is -2.08. The molecule has 1 aromatic heterocycles. The second kappa shape index (κ2) is 4.45. The summed E-state index contributed by atoms with van der Waals surface area (Å²) in [6.45, 7) is 8.65. The Morgan fingerprint density at radius 2 is 2.15 bits per heavy atom. The molecule has 0 radical (unpaired) electrons. The van der Waals surface area contributed by atoms with Gasteiger partial charge in [0.15, 0.2) is 0 Å². The van der Waals surface area contributed by atoms with Crippen molar-refractivity contribution in [3.05, 3.63) is 17.5 Å². The summed E-state index contributed by atoms with van der Waals surface area (Å²) in [6, 6.07) is 2.69. The molecule has 0 aliphatic heterocycles.